The molecule has 138 valence electrons. The summed E-state index contributed by atoms with van der Waals surface area (Å²) in [5.74, 6) is 1.12. The van der Waals surface area contributed by atoms with Crippen LogP contribution in [0.4, 0.5) is 5.69 Å². The van der Waals surface area contributed by atoms with Crippen molar-refractivity contribution in [3.63, 3.8) is 0 Å². The third-order valence-corrected chi connectivity index (χ3v) is 4.14. The zero-order valence-corrected chi connectivity index (χ0v) is 15.0. The molecule has 0 radical (unpaired) electrons. The van der Waals surface area contributed by atoms with Crippen LogP contribution in [0.15, 0.2) is 91.5 Å². The number of amides is 1. The molecule has 0 aliphatic rings. The fraction of sp³-hybridized carbons (Fsp3) is 0.0455. The second-order valence-corrected chi connectivity index (χ2v) is 6.15. The van der Waals surface area contributed by atoms with E-state index in [-0.39, 0.29) is 5.91 Å². The van der Waals surface area contributed by atoms with Crippen LogP contribution in [0.25, 0.3) is 0 Å². The van der Waals surface area contributed by atoms with Crippen LogP contribution >= 0.6 is 0 Å². The number of ether oxygens (including phenoxy) is 1. The third kappa shape index (κ3) is 4.24. The molecule has 1 heterocycles. The molecule has 0 saturated heterocycles. The van der Waals surface area contributed by atoms with Gasteiger partial charge in [-0.3, -0.25) is 4.79 Å². The number of nitrogens with one attached hydrogen (secondary N) is 1. The lowest BCUT2D eigenvalue weighted by molar-refractivity contribution is 0.102. The monoisotopic (exact) mass is 370 g/mol. The van der Waals surface area contributed by atoms with Gasteiger partial charge in [-0.25, -0.2) is 9.67 Å². The molecule has 0 unspecified atom stereocenters. The van der Waals surface area contributed by atoms with Crippen molar-refractivity contribution >= 4 is 11.6 Å². The molecule has 0 spiro atoms. The Kier molecular flexibility index (Phi) is 5.11. The molecule has 0 aliphatic heterocycles. The van der Waals surface area contributed by atoms with Gasteiger partial charge in [0, 0.05) is 11.3 Å². The van der Waals surface area contributed by atoms with E-state index in [9.17, 15) is 4.79 Å². The molecule has 6 nitrogen and oxygen atoms in total. The number of benzene rings is 3. The van der Waals surface area contributed by atoms with E-state index in [0.717, 1.165) is 17.0 Å². The van der Waals surface area contributed by atoms with Gasteiger partial charge in [-0.2, -0.15) is 5.10 Å². The van der Waals surface area contributed by atoms with Crippen LogP contribution in [0.3, 0.4) is 0 Å². The Labute approximate surface area is 162 Å². The number of nitrogens with zero attached hydrogens (tertiary/aromatic N) is 3. The third-order valence-electron chi connectivity index (χ3n) is 4.14. The van der Waals surface area contributed by atoms with Gasteiger partial charge in [0.05, 0.1) is 6.54 Å². The number of carbonyl (C=O) groups excluding carboxylic acids is 1. The van der Waals surface area contributed by atoms with Gasteiger partial charge in [-0.05, 0) is 42.0 Å². The Balaban J connectivity index is 1.51. The van der Waals surface area contributed by atoms with E-state index in [0.29, 0.717) is 17.9 Å². The number of anilines is 1. The van der Waals surface area contributed by atoms with Crippen LogP contribution in [0.2, 0.25) is 0 Å². The first kappa shape index (κ1) is 17.5. The van der Waals surface area contributed by atoms with Crippen molar-refractivity contribution in [1.82, 2.24) is 14.8 Å². The van der Waals surface area contributed by atoms with Crippen LogP contribution in [-0.4, -0.2) is 20.7 Å². The van der Waals surface area contributed by atoms with Crippen molar-refractivity contribution in [2.45, 2.75) is 6.54 Å². The van der Waals surface area contributed by atoms with E-state index in [1.807, 2.05) is 60.7 Å². The molecule has 1 N–H and O–H groups in total. The molecule has 4 rings (SSSR count). The van der Waals surface area contributed by atoms with Crippen molar-refractivity contribution in [2.24, 2.45) is 0 Å². The van der Waals surface area contributed by atoms with Crippen LogP contribution < -0.4 is 10.1 Å². The minimum absolute atomic E-state index is 0.204. The van der Waals surface area contributed by atoms with Crippen LogP contribution in [-0.2, 0) is 6.54 Å². The van der Waals surface area contributed by atoms with Gasteiger partial charge in [0.25, 0.3) is 5.91 Å². The highest BCUT2D eigenvalue weighted by Gasteiger charge is 2.11. The predicted octanol–water partition coefficient (Wildman–Crippen LogP) is 4.37. The highest BCUT2D eigenvalue weighted by Crippen LogP contribution is 2.23. The molecule has 3 aromatic carbocycles. The Bertz CT molecular complexity index is 1060. The second-order valence-electron chi connectivity index (χ2n) is 6.15. The van der Waals surface area contributed by atoms with Crippen molar-refractivity contribution in [3.05, 3.63) is 103 Å². The highest BCUT2D eigenvalue weighted by atomic mass is 16.5. The minimum atomic E-state index is -0.204. The van der Waals surface area contributed by atoms with Crippen molar-refractivity contribution in [2.75, 3.05) is 5.32 Å². The number of hydrogen-bond donors (Lipinski definition) is 1. The van der Waals surface area contributed by atoms with Crippen LogP contribution in [0.1, 0.15) is 15.9 Å². The standard InChI is InChI=1S/C22H18N4O2/c27-22(17-8-6-11-20(13-17)28-19-9-2-1-3-10-19)25-21-12-5-4-7-18(21)14-26-16-23-15-24-26/h1-13,15-16H,14H2,(H,25,27). The van der Waals surface area contributed by atoms with E-state index in [1.54, 1.807) is 29.2 Å². The molecule has 28 heavy (non-hydrogen) atoms. The molecule has 0 saturated carbocycles. The van der Waals surface area contributed by atoms with E-state index in [1.165, 1.54) is 6.33 Å². The normalized spacial score (nSPS) is 10.4. The van der Waals surface area contributed by atoms with Crippen molar-refractivity contribution in [1.29, 1.82) is 0 Å². The maximum atomic E-state index is 12.8. The summed E-state index contributed by atoms with van der Waals surface area (Å²) in [5.41, 5.74) is 2.19. The van der Waals surface area contributed by atoms with Gasteiger partial charge in [-0.1, -0.05) is 42.5 Å². The van der Waals surface area contributed by atoms with E-state index in [2.05, 4.69) is 15.4 Å². The van der Waals surface area contributed by atoms with Gasteiger partial charge in [0.1, 0.15) is 24.2 Å². The number of rotatable bonds is 6. The molecular formula is C22H18N4O2. The first-order valence-electron chi connectivity index (χ1n) is 8.82. The lowest BCUT2D eigenvalue weighted by atomic mass is 10.1. The smallest absolute Gasteiger partial charge is 0.255 e. The summed E-state index contributed by atoms with van der Waals surface area (Å²) in [7, 11) is 0. The number of aromatic nitrogens is 3. The van der Waals surface area contributed by atoms with E-state index in [4.69, 9.17) is 4.74 Å². The predicted molar refractivity (Wildman–Crippen MR) is 106 cm³/mol. The molecular weight excluding hydrogens is 352 g/mol. The Morgan fingerprint density at radius 3 is 2.54 bits per heavy atom. The average Bonchev–Trinajstić information content (AvgIpc) is 3.24. The lowest BCUT2D eigenvalue weighted by Crippen LogP contribution is -2.14. The molecule has 6 heteroatoms. The lowest BCUT2D eigenvalue weighted by Gasteiger charge is -2.12. The summed E-state index contributed by atoms with van der Waals surface area (Å²) in [6.45, 7) is 0.521. The summed E-state index contributed by atoms with van der Waals surface area (Å²) in [4.78, 5) is 16.7. The zero-order valence-electron chi connectivity index (χ0n) is 15.0. The number of carbonyl (C=O) groups is 1. The quantitative estimate of drug-likeness (QED) is 0.547. The Hall–Kier alpha value is -3.93. The fourth-order valence-electron chi connectivity index (χ4n) is 2.79. The largest absolute Gasteiger partial charge is 0.457 e. The summed E-state index contributed by atoms with van der Waals surface area (Å²) in [5, 5.41) is 7.09. The van der Waals surface area contributed by atoms with E-state index >= 15 is 0 Å². The zero-order chi connectivity index (χ0) is 19.2. The molecule has 0 bridgehead atoms. The summed E-state index contributed by atoms with van der Waals surface area (Å²) < 4.78 is 7.52. The molecule has 1 amide bonds. The van der Waals surface area contributed by atoms with Gasteiger partial charge in [0.15, 0.2) is 0 Å². The van der Waals surface area contributed by atoms with Crippen molar-refractivity contribution < 1.29 is 9.53 Å². The molecule has 0 aliphatic carbocycles. The number of para-hydroxylation sites is 2. The Morgan fingerprint density at radius 1 is 0.929 bits per heavy atom. The molecule has 4 aromatic rings. The van der Waals surface area contributed by atoms with Crippen LogP contribution in [0, 0.1) is 0 Å². The SMILES string of the molecule is O=C(Nc1ccccc1Cn1cncn1)c1cccc(Oc2ccccc2)c1. The molecule has 0 fully saturated rings. The van der Waals surface area contributed by atoms with E-state index < -0.39 is 0 Å². The molecule has 0 atom stereocenters. The summed E-state index contributed by atoms with van der Waals surface area (Å²) >= 11 is 0. The summed E-state index contributed by atoms with van der Waals surface area (Å²) in [6.07, 6.45) is 3.13. The first-order chi connectivity index (χ1) is 13.8. The second kappa shape index (κ2) is 8.18. The Morgan fingerprint density at radius 2 is 1.71 bits per heavy atom. The highest BCUT2D eigenvalue weighted by molar-refractivity contribution is 6.04. The number of hydrogen-bond acceptors (Lipinski definition) is 4. The van der Waals surface area contributed by atoms with Crippen molar-refractivity contribution in [3.8, 4) is 11.5 Å². The minimum Gasteiger partial charge on any atom is -0.457 e. The van der Waals surface area contributed by atoms with Gasteiger partial charge in [0.2, 0.25) is 0 Å². The van der Waals surface area contributed by atoms with Gasteiger partial charge >= 0.3 is 0 Å². The first-order valence-corrected chi connectivity index (χ1v) is 8.82. The van der Waals surface area contributed by atoms with Gasteiger partial charge < -0.3 is 10.1 Å². The average molecular weight is 370 g/mol. The maximum Gasteiger partial charge on any atom is 0.255 e. The summed E-state index contributed by atoms with van der Waals surface area (Å²) in [6, 6.07) is 24.2. The van der Waals surface area contributed by atoms with Crippen LogP contribution in [0.5, 0.6) is 11.5 Å². The molecule has 1 aromatic heterocycles. The fourth-order valence-corrected chi connectivity index (χ4v) is 2.79. The maximum absolute atomic E-state index is 12.8. The topological polar surface area (TPSA) is 69.0 Å². The van der Waals surface area contributed by atoms with Gasteiger partial charge in [-0.15, -0.1) is 0 Å².